The molecule has 0 aromatic heterocycles. The third kappa shape index (κ3) is 4.33. The van der Waals surface area contributed by atoms with E-state index in [1.54, 1.807) is 0 Å². The lowest BCUT2D eigenvalue weighted by Gasteiger charge is -2.27. The number of para-hydroxylation sites is 1. The number of nitrogens with two attached hydrogens (primary N) is 1. The van der Waals surface area contributed by atoms with Crippen LogP contribution in [-0.4, -0.2) is 43.3 Å². The first kappa shape index (κ1) is 20.7. The van der Waals surface area contributed by atoms with Crippen molar-refractivity contribution in [3.8, 4) is 11.5 Å². The van der Waals surface area contributed by atoms with Gasteiger partial charge in [0.15, 0.2) is 11.5 Å². The minimum absolute atomic E-state index is 0.167. The number of amides is 2. The Kier molecular flexibility index (Phi) is 5.54. The predicted molar refractivity (Wildman–Crippen MR) is 117 cm³/mol. The molecule has 0 bridgehead atoms. The van der Waals surface area contributed by atoms with Gasteiger partial charge in [0.05, 0.1) is 5.69 Å². The van der Waals surface area contributed by atoms with Crippen LogP contribution in [0, 0.1) is 0 Å². The molecule has 4 rings (SSSR count). The Bertz CT molecular complexity index is 1020. The van der Waals surface area contributed by atoms with Crippen molar-refractivity contribution in [2.45, 2.75) is 31.7 Å². The highest BCUT2D eigenvalue weighted by atomic mass is 16.6. The smallest absolute Gasteiger partial charge is 0.267 e. The summed E-state index contributed by atoms with van der Waals surface area (Å²) in [5.74, 6) is 0.613. The molecule has 1 atom stereocenters. The maximum Gasteiger partial charge on any atom is 0.267 e. The molecule has 31 heavy (non-hydrogen) atoms. The molecule has 0 fully saturated rings. The highest BCUT2D eigenvalue weighted by molar-refractivity contribution is 6.40. The van der Waals surface area contributed by atoms with E-state index in [1.165, 1.54) is 5.01 Å². The molecule has 2 amide bonds. The lowest BCUT2D eigenvalue weighted by Crippen LogP contribution is -2.41. The summed E-state index contributed by atoms with van der Waals surface area (Å²) in [6.45, 7) is 5.53. The Morgan fingerprint density at radius 1 is 1.13 bits per heavy atom. The summed E-state index contributed by atoms with van der Waals surface area (Å²) in [5.41, 5.74) is 7.22. The molecule has 0 saturated heterocycles. The second kappa shape index (κ2) is 8.29. The van der Waals surface area contributed by atoms with Gasteiger partial charge in [-0.3, -0.25) is 14.6 Å². The molecule has 2 aliphatic rings. The summed E-state index contributed by atoms with van der Waals surface area (Å²) >= 11 is 0. The number of benzene rings is 2. The average molecular weight is 422 g/mol. The van der Waals surface area contributed by atoms with E-state index < -0.39 is 11.9 Å². The number of fused-ring (bicyclic) bond motifs is 1. The molecule has 3 N–H and O–H groups in total. The summed E-state index contributed by atoms with van der Waals surface area (Å²) < 4.78 is 11.3. The van der Waals surface area contributed by atoms with E-state index in [4.69, 9.17) is 15.2 Å². The standard InChI is InChI=1S/C23H26N4O4/c1-23(2,15-8-9-19-20(12-15)31-11-10-30-19)14-25-22(29)17-13-18(21(24)28)27(26-17)16-6-4-3-5-7-16/h3-9,12,18H,10-11,13-14H2,1-2H3,(H2,24,28)(H,25,29). The van der Waals surface area contributed by atoms with Gasteiger partial charge in [0.2, 0.25) is 5.91 Å². The van der Waals surface area contributed by atoms with Gasteiger partial charge in [0.1, 0.15) is 25.0 Å². The van der Waals surface area contributed by atoms with E-state index in [0.29, 0.717) is 31.2 Å². The van der Waals surface area contributed by atoms with Crippen LogP contribution in [0.1, 0.15) is 25.8 Å². The van der Waals surface area contributed by atoms with Crippen molar-refractivity contribution in [1.29, 1.82) is 0 Å². The van der Waals surface area contributed by atoms with Crippen molar-refractivity contribution >= 4 is 23.2 Å². The maximum absolute atomic E-state index is 12.8. The minimum atomic E-state index is -0.686. The summed E-state index contributed by atoms with van der Waals surface area (Å²) in [6, 6.07) is 14.3. The Labute approximate surface area is 181 Å². The van der Waals surface area contributed by atoms with Crippen LogP contribution in [0.2, 0.25) is 0 Å². The maximum atomic E-state index is 12.8. The van der Waals surface area contributed by atoms with E-state index >= 15 is 0 Å². The third-order valence-corrected chi connectivity index (χ3v) is 5.54. The van der Waals surface area contributed by atoms with Gasteiger partial charge < -0.3 is 20.5 Å². The first-order valence-electron chi connectivity index (χ1n) is 10.2. The van der Waals surface area contributed by atoms with Gasteiger partial charge in [-0.05, 0) is 29.8 Å². The first-order valence-corrected chi connectivity index (χ1v) is 10.2. The molecule has 162 valence electrons. The molecule has 0 radical (unpaired) electrons. The summed E-state index contributed by atoms with van der Waals surface area (Å²) in [5, 5.41) is 8.86. The van der Waals surface area contributed by atoms with E-state index in [2.05, 4.69) is 10.4 Å². The van der Waals surface area contributed by atoms with Crippen LogP contribution in [-0.2, 0) is 15.0 Å². The molecular weight excluding hydrogens is 396 g/mol. The molecule has 8 nitrogen and oxygen atoms in total. The van der Waals surface area contributed by atoms with Crippen molar-refractivity contribution in [1.82, 2.24) is 5.32 Å². The van der Waals surface area contributed by atoms with Gasteiger partial charge in [-0.2, -0.15) is 5.10 Å². The number of primary amides is 1. The van der Waals surface area contributed by atoms with Crippen molar-refractivity contribution < 1.29 is 19.1 Å². The zero-order valence-electron chi connectivity index (χ0n) is 17.6. The number of hydrogen-bond acceptors (Lipinski definition) is 6. The van der Waals surface area contributed by atoms with Crippen LogP contribution < -0.4 is 25.5 Å². The van der Waals surface area contributed by atoms with Crippen LogP contribution in [0.25, 0.3) is 0 Å². The highest BCUT2D eigenvalue weighted by Gasteiger charge is 2.35. The molecule has 2 aromatic carbocycles. The zero-order valence-corrected chi connectivity index (χ0v) is 17.6. The second-order valence-electron chi connectivity index (χ2n) is 8.27. The minimum Gasteiger partial charge on any atom is -0.486 e. The number of hydrogen-bond donors (Lipinski definition) is 2. The lowest BCUT2D eigenvalue weighted by atomic mass is 9.84. The predicted octanol–water partition coefficient (Wildman–Crippen LogP) is 1.97. The van der Waals surface area contributed by atoms with Crippen molar-refractivity contribution in [2.75, 3.05) is 24.8 Å². The number of anilines is 1. The van der Waals surface area contributed by atoms with Crippen molar-refractivity contribution in [3.05, 3.63) is 54.1 Å². The van der Waals surface area contributed by atoms with E-state index in [0.717, 1.165) is 11.3 Å². The number of nitrogens with zero attached hydrogens (tertiary/aromatic N) is 2. The fraction of sp³-hybridized carbons (Fsp3) is 0.348. The quantitative estimate of drug-likeness (QED) is 0.740. The second-order valence-corrected chi connectivity index (χ2v) is 8.27. The topological polar surface area (TPSA) is 106 Å². The van der Waals surface area contributed by atoms with Crippen molar-refractivity contribution in [3.63, 3.8) is 0 Å². The summed E-state index contributed by atoms with van der Waals surface area (Å²) in [7, 11) is 0. The van der Waals surface area contributed by atoms with Crippen LogP contribution in [0.15, 0.2) is 53.6 Å². The molecule has 8 heteroatoms. The number of ether oxygens (including phenoxy) is 2. The van der Waals surface area contributed by atoms with E-state index in [-0.39, 0.29) is 23.5 Å². The van der Waals surface area contributed by atoms with Gasteiger partial charge >= 0.3 is 0 Å². The normalized spacial score (nSPS) is 17.8. The molecule has 2 aliphatic heterocycles. The van der Waals surface area contributed by atoms with Crippen LogP contribution in [0.4, 0.5) is 5.69 Å². The van der Waals surface area contributed by atoms with E-state index in [1.807, 2.05) is 62.4 Å². The SMILES string of the molecule is CC(C)(CNC(=O)C1=NN(c2ccccc2)C(C(N)=O)C1)c1ccc2c(c1)OCCO2. The number of carbonyl (C=O) groups is 2. The molecule has 2 heterocycles. The van der Waals surface area contributed by atoms with Gasteiger partial charge in [0, 0.05) is 18.4 Å². The Morgan fingerprint density at radius 3 is 2.55 bits per heavy atom. The third-order valence-electron chi connectivity index (χ3n) is 5.54. The molecule has 1 unspecified atom stereocenters. The largest absolute Gasteiger partial charge is 0.486 e. The fourth-order valence-corrected chi connectivity index (χ4v) is 3.66. The summed E-state index contributed by atoms with van der Waals surface area (Å²) in [6.07, 6.45) is 0.167. The zero-order chi connectivity index (χ0) is 22.0. The molecule has 0 saturated carbocycles. The number of rotatable bonds is 6. The van der Waals surface area contributed by atoms with Gasteiger partial charge in [-0.15, -0.1) is 0 Å². The van der Waals surface area contributed by atoms with Gasteiger partial charge in [-0.25, -0.2) is 0 Å². The molecular formula is C23H26N4O4. The summed E-state index contributed by atoms with van der Waals surface area (Å²) in [4.78, 5) is 24.8. The van der Waals surface area contributed by atoms with Gasteiger partial charge in [-0.1, -0.05) is 38.1 Å². The Hall–Kier alpha value is -3.55. The Morgan fingerprint density at radius 2 is 1.84 bits per heavy atom. The van der Waals surface area contributed by atoms with E-state index in [9.17, 15) is 9.59 Å². The van der Waals surface area contributed by atoms with Gasteiger partial charge in [0.25, 0.3) is 5.91 Å². The highest BCUT2D eigenvalue weighted by Crippen LogP contribution is 2.35. The Balaban J connectivity index is 1.46. The van der Waals surface area contributed by atoms with Crippen LogP contribution in [0.3, 0.4) is 0 Å². The fourth-order valence-electron chi connectivity index (χ4n) is 3.66. The first-order chi connectivity index (χ1) is 14.8. The number of hydrazone groups is 1. The lowest BCUT2D eigenvalue weighted by molar-refractivity contribution is -0.119. The van der Waals surface area contributed by atoms with Crippen LogP contribution in [0.5, 0.6) is 11.5 Å². The molecule has 2 aromatic rings. The number of nitrogens with one attached hydrogen (secondary N) is 1. The number of carbonyl (C=O) groups excluding carboxylic acids is 2. The monoisotopic (exact) mass is 422 g/mol. The average Bonchev–Trinajstić information content (AvgIpc) is 3.24. The molecule has 0 spiro atoms. The van der Waals surface area contributed by atoms with Crippen LogP contribution >= 0.6 is 0 Å². The molecule has 0 aliphatic carbocycles. The van der Waals surface area contributed by atoms with Crippen molar-refractivity contribution in [2.24, 2.45) is 10.8 Å².